The Bertz CT molecular complexity index is 1120. The molecule has 11 heteroatoms. The Balaban J connectivity index is 1.76. The maximum Gasteiger partial charge on any atom is 0.264 e. The minimum Gasteiger partial charge on any atom is -0.481 e. The molecule has 2 heterocycles. The molecule has 0 radical (unpaired) electrons. The van der Waals surface area contributed by atoms with Crippen LogP contribution >= 0.6 is 0 Å². The summed E-state index contributed by atoms with van der Waals surface area (Å²) in [4.78, 5) is 21.3. The smallest absolute Gasteiger partial charge is 0.264 e. The average Bonchev–Trinajstić information content (AvgIpc) is 3.20. The number of nitrogens with zero attached hydrogens (tertiary/aromatic N) is 2. The highest BCUT2D eigenvalue weighted by Gasteiger charge is 2.47. The van der Waals surface area contributed by atoms with Gasteiger partial charge in [-0.3, -0.25) is 10.0 Å². The summed E-state index contributed by atoms with van der Waals surface area (Å²) in [6.07, 6.45) is 1.61. The molecule has 31 heavy (non-hydrogen) atoms. The van der Waals surface area contributed by atoms with Gasteiger partial charge in [0.05, 0.1) is 12.8 Å². The zero-order valence-corrected chi connectivity index (χ0v) is 17.9. The first-order valence-electron chi connectivity index (χ1n) is 9.26. The highest BCUT2D eigenvalue weighted by Crippen LogP contribution is 2.31. The number of oxime groups is 1. The van der Waals surface area contributed by atoms with Gasteiger partial charge >= 0.3 is 0 Å². The topological polar surface area (TPSA) is 127 Å². The van der Waals surface area contributed by atoms with Crippen LogP contribution in [0.5, 0.6) is 5.88 Å². The Kier molecular flexibility index (Phi) is 6.27. The lowest BCUT2D eigenvalue weighted by atomic mass is 9.95. The van der Waals surface area contributed by atoms with Gasteiger partial charge in [0, 0.05) is 48.1 Å². The summed E-state index contributed by atoms with van der Waals surface area (Å²) in [5, 5.41) is 12.9. The van der Waals surface area contributed by atoms with Gasteiger partial charge in [-0.2, -0.15) is 0 Å². The van der Waals surface area contributed by atoms with E-state index in [0.29, 0.717) is 28.3 Å². The molecule has 9 nitrogen and oxygen atoms in total. The standard InChI is InChI=1S/C20H22FN3O6S/c1-20(19(25)23-26,31(3,27)28)10-14-9-17(24-30-14)12-4-6-15(16(21)8-12)13-5-7-18(29-2)22-11-13/h4-8,11,14,26H,9-10H2,1-3H3,(H,23,25). The molecule has 2 atom stereocenters. The van der Waals surface area contributed by atoms with Crippen LogP contribution in [0.3, 0.4) is 0 Å². The fourth-order valence-corrected chi connectivity index (χ4v) is 4.13. The van der Waals surface area contributed by atoms with E-state index in [1.165, 1.54) is 31.8 Å². The van der Waals surface area contributed by atoms with Crippen molar-refractivity contribution in [2.75, 3.05) is 13.4 Å². The van der Waals surface area contributed by atoms with Crippen LogP contribution in [0.15, 0.2) is 41.7 Å². The Morgan fingerprint density at radius 1 is 1.35 bits per heavy atom. The zero-order valence-electron chi connectivity index (χ0n) is 17.1. The maximum absolute atomic E-state index is 14.7. The van der Waals surface area contributed by atoms with Crippen molar-refractivity contribution >= 4 is 21.5 Å². The number of methoxy groups -OCH3 is 1. The summed E-state index contributed by atoms with van der Waals surface area (Å²) < 4.78 is 42.1. The van der Waals surface area contributed by atoms with Crippen molar-refractivity contribution in [2.45, 2.75) is 30.6 Å². The van der Waals surface area contributed by atoms with Crippen molar-refractivity contribution in [3.8, 4) is 17.0 Å². The van der Waals surface area contributed by atoms with Gasteiger partial charge < -0.3 is 9.57 Å². The number of carbonyl (C=O) groups is 1. The first kappa shape index (κ1) is 22.6. The second kappa shape index (κ2) is 8.60. The Morgan fingerprint density at radius 2 is 2.06 bits per heavy atom. The molecule has 2 aromatic rings. The van der Waals surface area contributed by atoms with Gasteiger partial charge in [0.25, 0.3) is 5.91 Å². The third kappa shape index (κ3) is 4.52. The molecule has 1 aromatic carbocycles. The number of hydrogen-bond acceptors (Lipinski definition) is 8. The quantitative estimate of drug-likeness (QED) is 0.487. The fraction of sp³-hybridized carbons (Fsp3) is 0.350. The highest BCUT2D eigenvalue weighted by molar-refractivity contribution is 7.92. The molecular formula is C20H22FN3O6S. The van der Waals surface area contributed by atoms with Crippen molar-refractivity contribution in [3.63, 3.8) is 0 Å². The molecule has 2 unspecified atom stereocenters. The Labute approximate surface area is 178 Å². The van der Waals surface area contributed by atoms with E-state index in [-0.39, 0.29) is 12.8 Å². The molecule has 0 saturated carbocycles. The summed E-state index contributed by atoms with van der Waals surface area (Å²) in [7, 11) is -2.38. The second-order valence-corrected chi connectivity index (χ2v) is 9.85. The minimum absolute atomic E-state index is 0.173. The molecule has 1 aliphatic heterocycles. The first-order chi connectivity index (χ1) is 14.6. The number of amides is 1. The van der Waals surface area contributed by atoms with Crippen molar-refractivity contribution in [1.29, 1.82) is 0 Å². The third-order valence-electron chi connectivity index (χ3n) is 5.31. The molecule has 0 spiro atoms. The number of hydroxylamine groups is 1. The van der Waals surface area contributed by atoms with Crippen LogP contribution in [0.2, 0.25) is 0 Å². The maximum atomic E-state index is 14.7. The van der Waals surface area contributed by atoms with E-state index in [9.17, 15) is 17.6 Å². The van der Waals surface area contributed by atoms with Crippen LogP contribution in [0.1, 0.15) is 25.3 Å². The van der Waals surface area contributed by atoms with Crippen LogP contribution < -0.4 is 10.2 Å². The van der Waals surface area contributed by atoms with Gasteiger partial charge in [-0.05, 0) is 19.1 Å². The SMILES string of the molecule is COc1ccc(-c2ccc(C3=NOC(CC(C)(C(=O)NO)S(C)(=O)=O)C3)cc2F)cn1. The van der Waals surface area contributed by atoms with E-state index in [2.05, 4.69) is 10.1 Å². The summed E-state index contributed by atoms with van der Waals surface area (Å²) in [5.41, 5.74) is 3.20. The van der Waals surface area contributed by atoms with Crippen LogP contribution in [-0.4, -0.2) is 54.4 Å². The molecule has 3 rings (SSSR count). The van der Waals surface area contributed by atoms with Crippen LogP contribution in [0.4, 0.5) is 4.39 Å². The monoisotopic (exact) mass is 451 g/mol. The molecule has 166 valence electrons. The number of ether oxygens (including phenoxy) is 1. The molecule has 0 saturated heterocycles. The molecule has 1 aromatic heterocycles. The van der Waals surface area contributed by atoms with Gasteiger partial charge in [0.1, 0.15) is 11.9 Å². The summed E-state index contributed by atoms with van der Waals surface area (Å²) >= 11 is 0. The van der Waals surface area contributed by atoms with Crippen LogP contribution in [0, 0.1) is 5.82 Å². The van der Waals surface area contributed by atoms with E-state index in [1.807, 2.05) is 0 Å². The minimum atomic E-state index is -3.87. The molecule has 2 N–H and O–H groups in total. The number of hydrogen-bond donors (Lipinski definition) is 2. The van der Waals surface area contributed by atoms with E-state index in [1.54, 1.807) is 24.3 Å². The third-order valence-corrected chi connectivity index (χ3v) is 7.30. The van der Waals surface area contributed by atoms with Crippen LogP contribution in [-0.2, 0) is 19.5 Å². The molecule has 0 aliphatic carbocycles. The van der Waals surface area contributed by atoms with E-state index < -0.39 is 32.4 Å². The van der Waals surface area contributed by atoms with Crippen LogP contribution in [0.25, 0.3) is 11.1 Å². The van der Waals surface area contributed by atoms with Gasteiger partial charge in [-0.15, -0.1) is 0 Å². The fourth-order valence-electron chi connectivity index (χ4n) is 3.26. The number of rotatable bonds is 7. The predicted molar refractivity (Wildman–Crippen MR) is 110 cm³/mol. The Morgan fingerprint density at radius 3 is 2.61 bits per heavy atom. The molecule has 0 fully saturated rings. The summed E-state index contributed by atoms with van der Waals surface area (Å²) in [6.45, 7) is 1.20. The van der Waals surface area contributed by atoms with E-state index in [0.717, 1.165) is 6.26 Å². The molecule has 1 aliphatic rings. The summed E-state index contributed by atoms with van der Waals surface area (Å²) in [5.74, 6) is -1.13. The number of aromatic nitrogens is 1. The Hall–Kier alpha value is -3.05. The van der Waals surface area contributed by atoms with Crippen molar-refractivity contribution in [2.24, 2.45) is 5.16 Å². The lowest BCUT2D eigenvalue weighted by molar-refractivity contribution is -0.132. The van der Waals surface area contributed by atoms with Gasteiger partial charge in [0.2, 0.25) is 5.88 Å². The number of benzene rings is 1. The van der Waals surface area contributed by atoms with E-state index >= 15 is 0 Å². The molecule has 1 amide bonds. The molecule has 0 bridgehead atoms. The predicted octanol–water partition coefficient (Wildman–Crippen LogP) is 2.09. The highest BCUT2D eigenvalue weighted by atomic mass is 32.2. The average molecular weight is 451 g/mol. The zero-order chi connectivity index (χ0) is 22.8. The lowest BCUT2D eigenvalue weighted by Crippen LogP contribution is -2.51. The summed E-state index contributed by atoms with van der Waals surface area (Å²) in [6, 6.07) is 7.88. The van der Waals surface area contributed by atoms with Crippen molar-refractivity contribution in [3.05, 3.63) is 47.9 Å². The van der Waals surface area contributed by atoms with Gasteiger partial charge in [0.15, 0.2) is 14.6 Å². The van der Waals surface area contributed by atoms with Crippen molar-refractivity contribution < 1.29 is 32.4 Å². The van der Waals surface area contributed by atoms with E-state index in [4.69, 9.17) is 14.8 Å². The normalized spacial score (nSPS) is 18.0. The van der Waals surface area contributed by atoms with Gasteiger partial charge in [-0.1, -0.05) is 17.3 Å². The lowest BCUT2D eigenvalue weighted by Gasteiger charge is -2.26. The second-order valence-electron chi connectivity index (χ2n) is 7.40. The van der Waals surface area contributed by atoms with Crippen molar-refractivity contribution in [1.82, 2.24) is 10.5 Å². The number of halogens is 1. The number of nitrogens with one attached hydrogen (secondary N) is 1. The first-order valence-corrected chi connectivity index (χ1v) is 11.2. The largest absolute Gasteiger partial charge is 0.481 e. The number of pyridine rings is 1. The van der Waals surface area contributed by atoms with Gasteiger partial charge in [-0.25, -0.2) is 23.3 Å². The number of sulfone groups is 1. The number of carbonyl (C=O) groups excluding carboxylic acids is 1. The molecular weight excluding hydrogens is 429 g/mol.